The second-order valence-corrected chi connectivity index (χ2v) is 7.75. The van der Waals surface area contributed by atoms with E-state index in [2.05, 4.69) is 24.3 Å². The van der Waals surface area contributed by atoms with Crippen molar-refractivity contribution in [2.75, 3.05) is 6.54 Å². The van der Waals surface area contributed by atoms with Crippen molar-refractivity contribution >= 4 is 33.3 Å². The number of thiazole rings is 1. The van der Waals surface area contributed by atoms with Gasteiger partial charge < -0.3 is 5.73 Å². The molecule has 0 saturated heterocycles. The van der Waals surface area contributed by atoms with Crippen molar-refractivity contribution in [1.82, 2.24) is 4.98 Å². The van der Waals surface area contributed by atoms with Crippen molar-refractivity contribution in [3.8, 4) is 0 Å². The first-order chi connectivity index (χ1) is 9.36. The summed E-state index contributed by atoms with van der Waals surface area (Å²) in [5.41, 5.74) is 7.09. The molecule has 1 heterocycles. The molecule has 1 fully saturated rings. The Bertz CT molecular complexity index is 505. The van der Waals surface area contributed by atoms with Crippen molar-refractivity contribution in [1.29, 1.82) is 0 Å². The molecule has 2 aromatic rings. The molecular formula is C15H20N2S2. The monoisotopic (exact) mass is 292 g/mol. The number of rotatable bonds is 3. The lowest BCUT2D eigenvalue weighted by Gasteiger charge is -2.21. The van der Waals surface area contributed by atoms with E-state index >= 15 is 0 Å². The molecule has 4 heteroatoms. The molecule has 19 heavy (non-hydrogen) atoms. The number of hydrogen-bond donors (Lipinski definition) is 1. The zero-order chi connectivity index (χ0) is 13.1. The fraction of sp³-hybridized carbons (Fsp3) is 0.533. The molecular weight excluding hydrogens is 272 g/mol. The molecule has 2 nitrogen and oxygen atoms in total. The highest BCUT2D eigenvalue weighted by Crippen LogP contribution is 2.39. The highest BCUT2D eigenvalue weighted by Gasteiger charge is 2.24. The van der Waals surface area contributed by atoms with E-state index in [0.29, 0.717) is 11.2 Å². The smallest absolute Gasteiger partial charge is 0.151 e. The Hall–Kier alpha value is -0.580. The summed E-state index contributed by atoms with van der Waals surface area (Å²) in [5, 5.41) is 0.660. The van der Waals surface area contributed by atoms with Gasteiger partial charge in [-0.1, -0.05) is 43.2 Å². The number of nitrogens with two attached hydrogens (primary N) is 1. The molecule has 1 saturated carbocycles. The van der Waals surface area contributed by atoms with E-state index < -0.39 is 0 Å². The molecule has 1 aromatic heterocycles. The van der Waals surface area contributed by atoms with Gasteiger partial charge in [0.1, 0.15) is 0 Å². The summed E-state index contributed by atoms with van der Waals surface area (Å²) in [4.78, 5) is 4.75. The number of thioether (sulfide) groups is 1. The molecule has 0 amide bonds. The molecule has 0 spiro atoms. The molecule has 3 rings (SSSR count). The predicted octanol–water partition coefficient (Wildman–Crippen LogP) is 4.30. The SMILES string of the molecule is NCC1CCCCCC1Sc1nc2ccccc2s1. The highest BCUT2D eigenvalue weighted by molar-refractivity contribution is 8.01. The van der Waals surface area contributed by atoms with Gasteiger partial charge in [-0.05, 0) is 37.4 Å². The minimum absolute atomic E-state index is 0.660. The topological polar surface area (TPSA) is 38.9 Å². The number of hydrogen-bond acceptors (Lipinski definition) is 4. The van der Waals surface area contributed by atoms with Crippen molar-refractivity contribution in [3.05, 3.63) is 24.3 Å². The Balaban J connectivity index is 1.78. The zero-order valence-electron chi connectivity index (χ0n) is 11.0. The predicted molar refractivity (Wildman–Crippen MR) is 84.9 cm³/mol. The standard InChI is InChI=1S/C15H20N2S2/c16-10-11-6-2-1-3-8-13(11)18-15-17-12-7-4-5-9-14(12)19-15/h4-5,7,9,11,13H,1-3,6,8,10,16H2. The van der Waals surface area contributed by atoms with Gasteiger partial charge in [0.2, 0.25) is 0 Å². The van der Waals surface area contributed by atoms with Crippen LogP contribution in [-0.2, 0) is 0 Å². The number of para-hydroxylation sites is 1. The molecule has 2 atom stereocenters. The van der Waals surface area contributed by atoms with Gasteiger partial charge in [0, 0.05) is 5.25 Å². The Morgan fingerprint density at radius 3 is 2.89 bits per heavy atom. The molecule has 0 radical (unpaired) electrons. The minimum Gasteiger partial charge on any atom is -0.330 e. The normalized spacial score (nSPS) is 24.5. The summed E-state index contributed by atoms with van der Waals surface area (Å²) in [6.45, 7) is 0.822. The lowest BCUT2D eigenvalue weighted by atomic mass is 10.0. The molecule has 1 aliphatic rings. The molecule has 0 aliphatic heterocycles. The van der Waals surface area contributed by atoms with Gasteiger partial charge in [0.05, 0.1) is 10.2 Å². The quantitative estimate of drug-likeness (QED) is 0.857. The van der Waals surface area contributed by atoms with Crippen LogP contribution >= 0.6 is 23.1 Å². The molecule has 2 N–H and O–H groups in total. The van der Waals surface area contributed by atoms with Crippen LogP contribution < -0.4 is 5.73 Å². The van der Waals surface area contributed by atoms with Crippen LogP contribution in [0.5, 0.6) is 0 Å². The van der Waals surface area contributed by atoms with Crippen molar-refractivity contribution in [3.63, 3.8) is 0 Å². The van der Waals surface area contributed by atoms with E-state index in [1.54, 1.807) is 0 Å². The number of aromatic nitrogens is 1. The van der Waals surface area contributed by atoms with Crippen LogP contribution in [0, 0.1) is 5.92 Å². The van der Waals surface area contributed by atoms with E-state index in [4.69, 9.17) is 10.7 Å². The molecule has 102 valence electrons. The second-order valence-electron chi connectivity index (χ2n) is 5.24. The summed E-state index contributed by atoms with van der Waals surface area (Å²) < 4.78 is 2.51. The van der Waals surface area contributed by atoms with Gasteiger partial charge in [-0.15, -0.1) is 11.3 Å². The fourth-order valence-electron chi connectivity index (χ4n) is 2.81. The molecule has 1 aromatic carbocycles. The van der Waals surface area contributed by atoms with E-state index in [0.717, 1.165) is 12.1 Å². The molecule has 2 unspecified atom stereocenters. The van der Waals surface area contributed by atoms with Crippen LogP contribution in [0.2, 0.25) is 0 Å². The zero-order valence-corrected chi connectivity index (χ0v) is 12.7. The van der Waals surface area contributed by atoms with Gasteiger partial charge in [0.15, 0.2) is 4.34 Å². The van der Waals surface area contributed by atoms with Gasteiger partial charge in [-0.25, -0.2) is 4.98 Å². The van der Waals surface area contributed by atoms with Crippen LogP contribution in [0.15, 0.2) is 28.6 Å². The van der Waals surface area contributed by atoms with E-state index in [9.17, 15) is 0 Å². The summed E-state index contributed by atoms with van der Waals surface area (Å²) in [6, 6.07) is 8.40. The summed E-state index contributed by atoms with van der Waals surface area (Å²) >= 11 is 3.78. The van der Waals surface area contributed by atoms with E-state index in [1.807, 2.05) is 23.1 Å². The van der Waals surface area contributed by atoms with Gasteiger partial charge in [-0.2, -0.15) is 0 Å². The number of benzene rings is 1. The number of fused-ring (bicyclic) bond motifs is 1. The average molecular weight is 292 g/mol. The fourth-order valence-corrected chi connectivity index (χ4v) is 5.47. The maximum Gasteiger partial charge on any atom is 0.151 e. The summed E-state index contributed by atoms with van der Waals surface area (Å²) in [5.74, 6) is 0.666. The molecule has 0 bridgehead atoms. The first kappa shape index (κ1) is 13.4. The largest absolute Gasteiger partial charge is 0.330 e. The maximum atomic E-state index is 5.96. The minimum atomic E-state index is 0.660. The summed E-state index contributed by atoms with van der Waals surface area (Å²) in [6.07, 6.45) is 6.65. The van der Waals surface area contributed by atoms with E-state index in [-0.39, 0.29) is 0 Å². The second kappa shape index (κ2) is 6.25. The Morgan fingerprint density at radius 2 is 2.05 bits per heavy atom. The van der Waals surface area contributed by atoms with Crippen molar-refractivity contribution in [2.24, 2.45) is 11.7 Å². The van der Waals surface area contributed by atoms with E-state index in [1.165, 1.54) is 41.1 Å². The third-order valence-corrected chi connectivity index (χ3v) is 6.50. The Kier molecular flexibility index (Phi) is 4.41. The Labute approximate surface area is 122 Å². The van der Waals surface area contributed by atoms with Crippen LogP contribution in [0.25, 0.3) is 10.2 Å². The summed E-state index contributed by atoms with van der Waals surface area (Å²) in [7, 11) is 0. The third kappa shape index (κ3) is 3.12. The van der Waals surface area contributed by atoms with Crippen molar-refractivity contribution < 1.29 is 0 Å². The Morgan fingerprint density at radius 1 is 1.21 bits per heavy atom. The van der Waals surface area contributed by atoms with Crippen LogP contribution in [0.3, 0.4) is 0 Å². The number of nitrogens with zero attached hydrogens (tertiary/aromatic N) is 1. The molecule has 1 aliphatic carbocycles. The van der Waals surface area contributed by atoms with Crippen LogP contribution in [0.4, 0.5) is 0 Å². The van der Waals surface area contributed by atoms with Gasteiger partial charge in [0.25, 0.3) is 0 Å². The first-order valence-electron chi connectivity index (χ1n) is 7.09. The van der Waals surface area contributed by atoms with Gasteiger partial charge in [-0.3, -0.25) is 0 Å². The average Bonchev–Trinajstić information content (AvgIpc) is 2.70. The van der Waals surface area contributed by atoms with Crippen molar-refractivity contribution in [2.45, 2.75) is 41.7 Å². The lowest BCUT2D eigenvalue weighted by Crippen LogP contribution is -2.24. The van der Waals surface area contributed by atoms with Crippen LogP contribution in [-0.4, -0.2) is 16.8 Å². The highest BCUT2D eigenvalue weighted by atomic mass is 32.2. The first-order valence-corrected chi connectivity index (χ1v) is 8.79. The van der Waals surface area contributed by atoms with Gasteiger partial charge >= 0.3 is 0 Å². The third-order valence-electron chi connectivity index (χ3n) is 3.92. The maximum absolute atomic E-state index is 5.96. The van der Waals surface area contributed by atoms with Crippen LogP contribution in [0.1, 0.15) is 32.1 Å². The lowest BCUT2D eigenvalue weighted by molar-refractivity contribution is 0.483.